The summed E-state index contributed by atoms with van der Waals surface area (Å²) < 4.78 is 5.82. The van der Waals surface area contributed by atoms with Gasteiger partial charge in [0.15, 0.2) is 0 Å². The largest absolute Gasteiger partial charge is 0.492 e. The van der Waals surface area contributed by atoms with E-state index in [2.05, 4.69) is 35.0 Å². The Morgan fingerprint density at radius 2 is 2.11 bits per heavy atom. The summed E-state index contributed by atoms with van der Waals surface area (Å²) in [4.78, 5) is 5.74. The molecule has 0 radical (unpaired) electrons. The molecule has 1 aromatic carbocycles. The fraction of sp³-hybridized carbons (Fsp3) is 0.467. The van der Waals surface area contributed by atoms with Gasteiger partial charge >= 0.3 is 0 Å². The second kappa shape index (κ2) is 5.02. The lowest BCUT2D eigenvalue weighted by Gasteiger charge is -2.14. The summed E-state index contributed by atoms with van der Waals surface area (Å²) in [5, 5.41) is 1.28. The molecular weight excluding hydrogens is 224 g/mol. The number of aromatic amines is 1. The average molecular weight is 244 g/mol. The molecule has 3 rings (SSSR count). The van der Waals surface area contributed by atoms with Gasteiger partial charge in [-0.05, 0) is 50.6 Å². The van der Waals surface area contributed by atoms with Crippen molar-refractivity contribution >= 4 is 10.9 Å². The van der Waals surface area contributed by atoms with Gasteiger partial charge in [-0.25, -0.2) is 0 Å². The molecule has 3 heteroatoms. The van der Waals surface area contributed by atoms with Crippen molar-refractivity contribution in [3.63, 3.8) is 0 Å². The molecule has 0 bridgehead atoms. The Kier molecular flexibility index (Phi) is 3.24. The molecule has 0 atom stereocenters. The predicted octanol–water partition coefficient (Wildman–Crippen LogP) is 2.95. The van der Waals surface area contributed by atoms with Gasteiger partial charge < -0.3 is 9.72 Å². The van der Waals surface area contributed by atoms with E-state index in [1.54, 1.807) is 0 Å². The Labute approximate surface area is 108 Å². The number of likely N-dealkylation sites (tertiary alicyclic amines) is 1. The number of hydrogen-bond acceptors (Lipinski definition) is 2. The van der Waals surface area contributed by atoms with Crippen LogP contribution in [0.3, 0.4) is 0 Å². The van der Waals surface area contributed by atoms with Crippen LogP contribution in [0.15, 0.2) is 24.4 Å². The van der Waals surface area contributed by atoms with E-state index in [0.29, 0.717) is 0 Å². The predicted molar refractivity (Wildman–Crippen MR) is 74.2 cm³/mol. The van der Waals surface area contributed by atoms with Gasteiger partial charge in [0.25, 0.3) is 0 Å². The molecule has 0 saturated carbocycles. The molecular formula is C15H20N2O. The number of hydrogen-bond donors (Lipinski definition) is 1. The minimum Gasteiger partial charge on any atom is -0.492 e. The standard InChI is InChI=1S/C15H20N2O/c1-12-11-16-15-10-13(4-5-14(12)15)18-9-8-17-6-2-3-7-17/h4-5,10-11,16H,2-3,6-9H2,1H3. The Morgan fingerprint density at radius 1 is 1.28 bits per heavy atom. The van der Waals surface area contributed by atoms with Crippen molar-refractivity contribution in [3.05, 3.63) is 30.0 Å². The fourth-order valence-electron chi connectivity index (χ4n) is 2.64. The Bertz CT molecular complexity index is 526. The molecule has 1 aliphatic rings. The monoisotopic (exact) mass is 244 g/mol. The molecule has 2 heterocycles. The van der Waals surface area contributed by atoms with Gasteiger partial charge in [0.05, 0.1) is 0 Å². The van der Waals surface area contributed by atoms with Crippen LogP contribution in [-0.4, -0.2) is 36.1 Å². The summed E-state index contributed by atoms with van der Waals surface area (Å²) in [5.41, 5.74) is 2.44. The lowest BCUT2D eigenvalue weighted by Crippen LogP contribution is -2.25. The Hall–Kier alpha value is -1.48. The number of rotatable bonds is 4. The van der Waals surface area contributed by atoms with Crippen LogP contribution in [0.2, 0.25) is 0 Å². The quantitative estimate of drug-likeness (QED) is 0.895. The first-order valence-corrected chi connectivity index (χ1v) is 6.76. The molecule has 0 unspecified atom stereocenters. The summed E-state index contributed by atoms with van der Waals surface area (Å²) in [7, 11) is 0. The zero-order valence-electron chi connectivity index (χ0n) is 10.9. The maximum absolute atomic E-state index is 5.82. The normalized spacial score (nSPS) is 16.5. The van der Waals surface area contributed by atoms with E-state index in [0.717, 1.165) is 24.4 Å². The molecule has 1 saturated heterocycles. The SMILES string of the molecule is Cc1c[nH]c2cc(OCCN3CCCC3)ccc12. The van der Waals surface area contributed by atoms with Crippen LogP contribution in [0.1, 0.15) is 18.4 Å². The van der Waals surface area contributed by atoms with Gasteiger partial charge in [-0.15, -0.1) is 0 Å². The minimum absolute atomic E-state index is 0.783. The lowest BCUT2D eigenvalue weighted by molar-refractivity contribution is 0.238. The molecule has 0 aliphatic carbocycles. The highest BCUT2D eigenvalue weighted by Gasteiger charge is 2.10. The number of nitrogens with one attached hydrogen (secondary N) is 1. The molecule has 0 amide bonds. The highest BCUT2D eigenvalue weighted by atomic mass is 16.5. The zero-order chi connectivity index (χ0) is 12.4. The summed E-state index contributed by atoms with van der Waals surface area (Å²) in [6.45, 7) is 6.41. The number of nitrogens with zero attached hydrogens (tertiary/aromatic N) is 1. The van der Waals surface area contributed by atoms with Crippen LogP contribution in [-0.2, 0) is 0 Å². The second-order valence-corrected chi connectivity index (χ2v) is 5.08. The Morgan fingerprint density at radius 3 is 2.94 bits per heavy atom. The average Bonchev–Trinajstić information content (AvgIpc) is 3.00. The Balaban J connectivity index is 1.60. The third-order valence-corrected chi connectivity index (χ3v) is 3.73. The van der Waals surface area contributed by atoms with E-state index in [4.69, 9.17) is 4.74 Å². The fourth-order valence-corrected chi connectivity index (χ4v) is 2.64. The van der Waals surface area contributed by atoms with Crippen molar-refractivity contribution < 1.29 is 4.74 Å². The van der Waals surface area contributed by atoms with Crippen LogP contribution < -0.4 is 4.74 Å². The molecule has 1 aliphatic heterocycles. The number of ether oxygens (including phenoxy) is 1. The lowest BCUT2D eigenvalue weighted by atomic mass is 10.2. The van der Waals surface area contributed by atoms with Gasteiger partial charge in [-0.3, -0.25) is 4.90 Å². The van der Waals surface area contributed by atoms with Crippen molar-refractivity contribution in [1.29, 1.82) is 0 Å². The molecule has 96 valence electrons. The highest BCUT2D eigenvalue weighted by molar-refractivity contribution is 5.84. The first-order chi connectivity index (χ1) is 8.83. The molecule has 1 aromatic heterocycles. The van der Waals surface area contributed by atoms with Gasteiger partial charge in [0, 0.05) is 29.7 Å². The summed E-state index contributed by atoms with van der Waals surface area (Å²) >= 11 is 0. The topological polar surface area (TPSA) is 28.3 Å². The van der Waals surface area contributed by atoms with Crippen molar-refractivity contribution in [3.8, 4) is 5.75 Å². The van der Waals surface area contributed by atoms with Crippen LogP contribution in [0.25, 0.3) is 10.9 Å². The molecule has 2 aromatic rings. The highest BCUT2D eigenvalue weighted by Crippen LogP contribution is 2.22. The molecule has 18 heavy (non-hydrogen) atoms. The second-order valence-electron chi connectivity index (χ2n) is 5.08. The van der Waals surface area contributed by atoms with E-state index >= 15 is 0 Å². The maximum Gasteiger partial charge on any atom is 0.121 e. The third kappa shape index (κ3) is 2.36. The number of benzene rings is 1. The van der Waals surface area contributed by atoms with E-state index in [1.807, 2.05) is 6.20 Å². The number of fused-ring (bicyclic) bond motifs is 1. The summed E-state index contributed by atoms with van der Waals surface area (Å²) in [6, 6.07) is 6.28. The summed E-state index contributed by atoms with van der Waals surface area (Å²) in [5.74, 6) is 0.962. The molecule has 1 N–H and O–H groups in total. The van der Waals surface area contributed by atoms with Gasteiger partial charge in [-0.2, -0.15) is 0 Å². The van der Waals surface area contributed by atoms with Crippen molar-refractivity contribution in [2.75, 3.05) is 26.2 Å². The zero-order valence-corrected chi connectivity index (χ0v) is 10.9. The van der Waals surface area contributed by atoms with E-state index in [9.17, 15) is 0 Å². The maximum atomic E-state index is 5.82. The molecule has 1 fully saturated rings. The molecule has 0 spiro atoms. The van der Waals surface area contributed by atoms with Crippen molar-refractivity contribution in [2.24, 2.45) is 0 Å². The van der Waals surface area contributed by atoms with Crippen molar-refractivity contribution in [2.45, 2.75) is 19.8 Å². The molecule has 3 nitrogen and oxygen atoms in total. The number of aromatic nitrogens is 1. The summed E-state index contributed by atoms with van der Waals surface area (Å²) in [6.07, 6.45) is 4.72. The van der Waals surface area contributed by atoms with E-state index in [-0.39, 0.29) is 0 Å². The van der Waals surface area contributed by atoms with Gasteiger partial charge in [-0.1, -0.05) is 0 Å². The van der Waals surface area contributed by atoms with E-state index in [1.165, 1.54) is 36.9 Å². The van der Waals surface area contributed by atoms with Crippen LogP contribution >= 0.6 is 0 Å². The van der Waals surface area contributed by atoms with Gasteiger partial charge in [0.2, 0.25) is 0 Å². The first kappa shape index (κ1) is 11.6. The third-order valence-electron chi connectivity index (χ3n) is 3.73. The number of aryl methyl sites for hydroxylation is 1. The first-order valence-electron chi connectivity index (χ1n) is 6.76. The van der Waals surface area contributed by atoms with Crippen molar-refractivity contribution in [1.82, 2.24) is 9.88 Å². The van der Waals surface area contributed by atoms with Crippen LogP contribution in [0.4, 0.5) is 0 Å². The number of H-pyrrole nitrogens is 1. The van der Waals surface area contributed by atoms with Crippen LogP contribution in [0.5, 0.6) is 5.75 Å². The van der Waals surface area contributed by atoms with Gasteiger partial charge in [0.1, 0.15) is 12.4 Å². The smallest absolute Gasteiger partial charge is 0.121 e. The van der Waals surface area contributed by atoms with Crippen LogP contribution in [0, 0.1) is 6.92 Å². The minimum atomic E-state index is 0.783. The van der Waals surface area contributed by atoms with E-state index < -0.39 is 0 Å².